The van der Waals surface area contributed by atoms with E-state index in [2.05, 4.69) is 4.72 Å². The van der Waals surface area contributed by atoms with E-state index in [1.165, 1.54) is 12.1 Å². The van der Waals surface area contributed by atoms with Gasteiger partial charge in [0.25, 0.3) is 5.91 Å². The number of carbonyl (C=O) groups excluding carboxylic acids is 1. The van der Waals surface area contributed by atoms with Crippen LogP contribution in [0.5, 0.6) is 5.75 Å². The maximum atomic E-state index is 13.1. The van der Waals surface area contributed by atoms with Crippen molar-refractivity contribution in [2.24, 2.45) is 0 Å². The number of ether oxygens (including phenoxy) is 1. The van der Waals surface area contributed by atoms with Crippen LogP contribution in [0.25, 0.3) is 0 Å². The fourth-order valence-corrected chi connectivity index (χ4v) is 4.99. The molecule has 2 atom stereocenters. The first-order valence-electron chi connectivity index (χ1n) is 10.5. The van der Waals surface area contributed by atoms with Crippen molar-refractivity contribution in [1.82, 2.24) is 9.62 Å². The van der Waals surface area contributed by atoms with E-state index >= 15 is 0 Å². The summed E-state index contributed by atoms with van der Waals surface area (Å²) in [7, 11) is -3.58. The summed E-state index contributed by atoms with van der Waals surface area (Å²) >= 11 is 0. The van der Waals surface area contributed by atoms with Crippen molar-refractivity contribution in [1.29, 1.82) is 0 Å². The summed E-state index contributed by atoms with van der Waals surface area (Å²) in [6.45, 7) is 7.00. The Hall–Kier alpha value is -2.38. The van der Waals surface area contributed by atoms with Crippen LogP contribution in [0.2, 0.25) is 0 Å². The van der Waals surface area contributed by atoms with Crippen molar-refractivity contribution in [3.8, 4) is 5.75 Å². The van der Waals surface area contributed by atoms with Crippen LogP contribution in [0, 0.1) is 0 Å². The monoisotopic (exact) mass is 430 g/mol. The standard InChI is InChI=1S/C23H30N2O4S/c1-4-17(3)24-30(27,28)21-14-10-19(11-15-21)23(26)25-16-6-7-22(25)18-8-12-20(13-9-18)29-5-2/h8-15,17,22,24H,4-7,16H2,1-3H3. The minimum absolute atomic E-state index is 0.0173. The van der Waals surface area contributed by atoms with Gasteiger partial charge < -0.3 is 9.64 Å². The predicted molar refractivity (Wildman–Crippen MR) is 117 cm³/mol. The van der Waals surface area contributed by atoms with Crippen LogP contribution in [0.3, 0.4) is 0 Å². The number of rotatable bonds is 8. The van der Waals surface area contributed by atoms with E-state index in [1.54, 1.807) is 12.1 Å². The van der Waals surface area contributed by atoms with Crippen LogP contribution >= 0.6 is 0 Å². The number of likely N-dealkylation sites (tertiary alicyclic amines) is 1. The van der Waals surface area contributed by atoms with Gasteiger partial charge in [0.1, 0.15) is 5.75 Å². The first-order valence-corrected chi connectivity index (χ1v) is 12.0. The van der Waals surface area contributed by atoms with Crippen LogP contribution in [-0.2, 0) is 10.0 Å². The highest BCUT2D eigenvalue weighted by atomic mass is 32.2. The van der Waals surface area contributed by atoms with Crippen molar-refractivity contribution in [2.45, 2.75) is 57.0 Å². The van der Waals surface area contributed by atoms with Gasteiger partial charge in [-0.25, -0.2) is 13.1 Å². The zero-order chi connectivity index (χ0) is 21.7. The van der Waals surface area contributed by atoms with Crippen molar-refractivity contribution in [3.05, 3.63) is 59.7 Å². The lowest BCUT2D eigenvalue weighted by Gasteiger charge is -2.25. The van der Waals surface area contributed by atoms with E-state index in [0.717, 1.165) is 24.2 Å². The molecule has 2 aromatic rings. The van der Waals surface area contributed by atoms with Crippen molar-refractivity contribution < 1.29 is 17.9 Å². The molecule has 1 amide bonds. The summed E-state index contributed by atoms with van der Waals surface area (Å²) in [6, 6.07) is 14.0. The van der Waals surface area contributed by atoms with E-state index < -0.39 is 10.0 Å². The Bertz CT molecular complexity index is 956. The van der Waals surface area contributed by atoms with Crippen LogP contribution < -0.4 is 9.46 Å². The zero-order valence-electron chi connectivity index (χ0n) is 17.8. The molecule has 0 radical (unpaired) electrons. The molecule has 2 aromatic carbocycles. The summed E-state index contributed by atoms with van der Waals surface area (Å²) in [5, 5.41) is 0. The highest BCUT2D eigenvalue weighted by Crippen LogP contribution is 2.34. The van der Waals surface area contributed by atoms with E-state index in [1.807, 2.05) is 49.9 Å². The number of benzene rings is 2. The van der Waals surface area contributed by atoms with Gasteiger partial charge in [-0.15, -0.1) is 0 Å². The predicted octanol–water partition coefficient (Wildman–Crippen LogP) is 4.14. The Morgan fingerprint density at radius 1 is 1.13 bits per heavy atom. The molecule has 0 bridgehead atoms. The molecule has 1 N–H and O–H groups in total. The molecule has 1 saturated heterocycles. The number of sulfonamides is 1. The Morgan fingerprint density at radius 3 is 2.40 bits per heavy atom. The average molecular weight is 431 g/mol. The molecule has 1 heterocycles. The minimum Gasteiger partial charge on any atom is -0.494 e. The Kier molecular flexibility index (Phi) is 7.15. The Labute approximate surface area is 179 Å². The van der Waals surface area contributed by atoms with Crippen LogP contribution in [0.4, 0.5) is 0 Å². The summed E-state index contributed by atoms with van der Waals surface area (Å²) in [5.41, 5.74) is 1.58. The summed E-state index contributed by atoms with van der Waals surface area (Å²) < 4.78 is 33.0. The number of hydrogen-bond donors (Lipinski definition) is 1. The van der Waals surface area contributed by atoms with Gasteiger partial charge in [-0.05, 0) is 75.1 Å². The highest BCUT2D eigenvalue weighted by molar-refractivity contribution is 7.89. The van der Waals surface area contributed by atoms with Gasteiger partial charge in [-0.2, -0.15) is 0 Å². The zero-order valence-corrected chi connectivity index (χ0v) is 18.6. The number of hydrogen-bond acceptors (Lipinski definition) is 4. The lowest BCUT2D eigenvalue weighted by atomic mass is 10.0. The number of carbonyl (C=O) groups is 1. The number of nitrogens with zero attached hydrogens (tertiary/aromatic N) is 1. The molecule has 1 aliphatic heterocycles. The van der Waals surface area contributed by atoms with Gasteiger partial charge in [0, 0.05) is 18.2 Å². The third-order valence-electron chi connectivity index (χ3n) is 5.47. The molecule has 162 valence electrons. The summed E-state index contributed by atoms with van der Waals surface area (Å²) in [4.78, 5) is 15.2. The lowest BCUT2D eigenvalue weighted by Crippen LogP contribution is -2.32. The summed E-state index contributed by atoms with van der Waals surface area (Å²) in [5.74, 6) is 0.741. The van der Waals surface area contributed by atoms with Crippen molar-refractivity contribution in [3.63, 3.8) is 0 Å². The molecule has 0 aliphatic carbocycles. The third-order valence-corrected chi connectivity index (χ3v) is 7.08. The molecule has 30 heavy (non-hydrogen) atoms. The maximum Gasteiger partial charge on any atom is 0.254 e. The Balaban J connectivity index is 1.75. The summed E-state index contributed by atoms with van der Waals surface area (Å²) in [6.07, 6.45) is 2.55. The molecule has 3 rings (SSSR count). The van der Waals surface area contributed by atoms with E-state index in [-0.39, 0.29) is 22.9 Å². The topological polar surface area (TPSA) is 75.7 Å². The van der Waals surface area contributed by atoms with Gasteiger partial charge in [-0.1, -0.05) is 19.1 Å². The van der Waals surface area contributed by atoms with Crippen LogP contribution in [0.15, 0.2) is 53.4 Å². The SMILES string of the molecule is CCOc1ccc(C2CCCN2C(=O)c2ccc(S(=O)(=O)NC(C)CC)cc2)cc1. The fourth-order valence-electron chi connectivity index (χ4n) is 3.67. The minimum atomic E-state index is -3.58. The van der Waals surface area contributed by atoms with Gasteiger partial charge in [-0.3, -0.25) is 4.79 Å². The molecule has 1 aliphatic rings. The molecule has 6 nitrogen and oxygen atoms in total. The lowest BCUT2D eigenvalue weighted by molar-refractivity contribution is 0.0735. The van der Waals surface area contributed by atoms with Crippen LogP contribution in [0.1, 0.15) is 62.0 Å². The highest BCUT2D eigenvalue weighted by Gasteiger charge is 2.30. The quantitative estimate of drug-likeness (QED) is 0.683. The second kappa shape index (κ2) is 9.62. The largest absolute Gasteiger partial charge is 0.494 e. The smallest absolute Gasteiger partial charge is 0.254 e. The van der Waals surface area contributed by atoms with E-state index in [9.17, 15) is 13.2 Å². The molecular weight excluding hydrogens is 400 g/mol. The van der Waals surface area contributed by atoms with Crippen LogP contribution in [-0.4, -0.2) is 38.4 Å². The first kappa shape index (κ1) is 22.3. The molecule has 0 saturated carbocycles. The molecule has 7 heteroatoms. The van der Waals surface area contributed by atoms with Gasteiger partial charge in [0.05, 0.1) is 17.5 Å². The second-order valence-corrected chi connectivity index (χ2v) is 9.33. The second-order valence-electron chi connectivity index (χ2n) is 7.61. The number of amides is 1. The third kappa shape index (κ3) is 5.02. The maximum absolute atomic E-state index is 13.1. The van der Waals surface area contributed by atoms with E-state index in [4.69, 9.17) is 4.74 Å². The molecule has 0 aromatic heterocycles. The van der Waals surface area contributed by atoms with Gasteiger partial charge >= 0.3 is 0 Å². The molecular formula is C23H30N2O4S. The van der Waals surface area contributed by atoms with Gasteiger partial charge in [0.2, 0.25) is 10.0 Å². The number of nitrogens with one attached hydrogen (secondary N) is 1. The fraction of sp³-hybridized carbons (Fsp3) is 0.435. The molecule has 0 spiro atoms. The average Bonchev–Trinajstić information content (AvgIpc) is 3.23. The Morgan fingerprint density at radius 2 is 1.80 bits per heavy atom. The van der Waals surface area contributed by atoms with Gasteiger partial charge in [0.15, 0.2) is 0 Å². The molecule has 1 fully saturated rings. The van der Waals surface area contributed by atoms with E-state index in [0.29, 0.717) is 25.1 Å². The normalized spacial score (nSPS) is 17.7. The van der Waals surface area contributed by atoms with Crippen molar-refractivity contribution in [2.75, 3.05) is 13.2 Å². The van der Waals surface area contributed by atoms with Crippen molar-refractivity contribution >= 4 is 15.9 Å². The first-order chi connectivity index (χ1) is 14.4. The molecule has 2 unspecified atom stereocenters.